The van der Waals surface area contributed by atoms with Gasteiger partial charge in [-0.2, -0.15) is 0 Å². The molecule has 0 atom stereocenters. The summed E-state index contributed by atoms with van der Waals surface area (Å²) in [5, 5.41) is 4.02. The van der Waals surface area contributed by atoms with Gasteiger partial charge in [-0.05, 0) is 52.7 Å². The third-order valence-corrected chi connectivity index (χ3v) is 7.28. The lowest BCUT2D eigenvalue weighted by molar-refractivity contribution is 0.0640. The van der Waals surface area contributed by atoms with Crippen LogP contribution in [-0.4, -0.2) is 27.5 Å². The number of amides is 3. The number of carbonyl (C=O) groups excluding carboxylic acids is 3. The molecule has 0 aliphatic carbocycles. The van der Waals surface area contributed by atoms with Gasteiger partial charge in [-0.1, -0.05) is 36.4 Å². The molecule has 33 heavy (non-hydrogen) atoms. The van der Waals surface area contributed by atoms with Crippen molar-refractivity contribution in [2.75, 3.05) is 0 Å². The summed E-state index contributed by atoms with van der Waals surface area (Å²) in [4.78, 5) is 43.9. The van der Waals surface area contributed by atoms with E-state index >= 15 is 0 Å². The van der Waals surface area contributed by atoms with E-state index in [4.69, 9.17) is 0 Å². The average molecular weight is 473 g/mol. The Morgan fingerprint density at radius 2 is 1.27 bits per heavy atom. The molecule has 0 fully saturated rings. The van der Waals surface area contributed by atoms with Crippen molar-refractivity contribution in [3.63, 3.8) is 0 Å². The van der Waals surface area contributed by atoms with Crippen molar-refractivity contribution in [1.29, 1.82) is 0 Å². The summed E-state index contributed by atoms with van der Waals surface area (Å²) in [5.41, 5.74) is 2.25. The van der Waals surface area contributed by atoms with Crippen LogP contribution < -0.4 is 0 Å². The summed E-state index contributed by atoms with van der Waals surface area (Å²) in [6.45, 7) is 1.27. The Balaban J connectivity index is 1.32. The van der Waals surface area contributed by atoms with Gasteiger partial charge in [0.1, 0.15) is 0 Å². The average Bonchev–Trinajstić information content (AvgIpc) is 3.59. The van der Waals surface area contributed by atoms with Crippen molar-refractivity contribution >= 4 is 40.4 Å². The lowest BCUT2D eigenvalue weighted by Gasteiger charge is -2.22. The summed E-state index contributed by atoms with van der Waals surface area (Å²) >= 11 is 3.26. The Morgan fingerprint density at radius 1 is 0.727 bits per heavy atom. The van der Waals surface area contributed by atoms with Crippen LogP contribution >= 0.6 is 22.7 Å². The summed E-state index contributed by atoms with van der Waals surface area (Å²) in [7, 11) is 0. The highest BCUT2D eigenvalue weighted by Crippen LogP contribution is 2.25. The Labute approximate surface area is 199 Å². The van der Waals surface area contributed by atoms with Crippen molar-refractivity contribution in [1.82, 2.24) is 9.80 Å². The van der Waals surface area contributed by atoms with Crippen LogP contribution in [0.1, 0.15) is 46.4 Å². The molecule has 3 heterocycles. The molecule has 2 aromatic heterocycles. The molecule has 0 radical (unpaired) electrons. The second-order valence-electron chi connectivity index (χ2n) is 7.76. The maximum atomic E-state index is 13.3. The van der Waals surface area contributed by atoms with Gasteiger partial charge in [0.15, 0.2) is 0 Å². The molecule has 1 aliphatic heterocycles. The number of rotatable bonds is 7. The van der Waals surface area contributed by atoms with Crippen LogP contribution in [0.25, 0.3) is 0 Å². The maximum absolute atomic E-state index is 13.3. The first-order chi connectivity index (χ1) is 16.1. The van der Waals surface area contributed by atoms with E-state index in [2.05, 4.69) is 0 Å². The minimum absolute atomic E-state index is 0.0518. The molecule has 0 N–H and O–H groups in total. The third kappa shape index (κ3) is 4.37. The Hall–Kier alpha value is -3.55. The number of hydrogen-bond donors (Lipinski definition) is 0. The molecule has 7 heteroatoms. The van der Waals surface area contributed by atoms with E-state index in [0.717, 1.165) is 15.3 Å². The van der Waals surface area contributed by atoms with Gasteiger partial charge in [0.25, 0.3) is 17.7 Å². The SMILES string of the molecule is O=C(c1ccc(CN2C(=O)c3ccccc3C2=O)cc1)N(Cc1cccs1)Cc1cccs1. The van der Waals surface area contributed by atoms with Gasteiger partial charge in [0, 0.05) is 15.3 Å². The monoisotopic (exact) mass is 472 g/mol. The van der Waals surface area contributed by atoms with Crippen LogP contribution in [-0.2, 0) is 19.6 Å². The first kappa shape index (κ1) is 21.3. The minimum atomic E-state index is -0.283. The van der Waals surface area contributed by atoms with Gasteiger partial charge >= 0.3 is 0 Å². The topological polar surface area (TPSA) is 57.7 Å². The van der Waals surface area contributed by atoms with Gasteiger partial charge in [-0.15, -0.1) is 22.7 Å². The van der Waals surface area contributed by atoms with Gasteiger partial charge in [0.05, 0.1) is 30.8 Å². The van der Waals surface area contributed by atoms with Gasteiger partial charge < -0.3 is 4.90 Å². The lowest BCUT2D eigenvalue weighted by Crippen LogP contribution is -2.30. The largest absolute Gasteiger partial charge is 0.328 e. The molecule has 0 unspecified atom stereocenters. The summed E-state index contributed by atoms with van der Waals surface area (Å²) in [5.74, 6) is -0.619. The fourth-order valence-electron chi connectivity index (χ4n) is 3.88. The number of hydrogen-bond acceptors (Lipinski definition) is 5. The number of nitrogens with zero attached hydrogens (tertiary/aromatic N) is 2. The first-order valence-electron chi connectivity index (χ1n) is 10.5. The van der Waals surface area contributed by atoms with Crippen LogP contribution in [0, 0.1) is 0 Å². The molecule has 0 spiro atoms. The molecule has 2 aromatic carbocycles. The van der Waals surface area contributed by atoms with E-state index in [1.165, 1.54) is 4.90 Å². The second kappa shape index (κ2) is 9.13. The maximum Gasteiger partial charge on any atom is 0.261 e. The van der Waals surface area contributed by atoms with Crippen molar-refractivity contribution in [2.24, 2.45) is 0 Å². The molecular formula is C26H20N2O3S2. The van der Waals surface area contributed by atoms with E-state index < -0.39 is 0 Å². The van der Waals surface area contributed by atoms with Crippen LogP contribution in [0.15, 0.2) is 83.6 Å². The number of carbonyl (C=O) groups is 3. The fourth-order valence-corrected chi connectivity index (χ4v) is 5.32. The normalized spacial score (nSPS) is 12.8. The number of imide groups is 1. The standard InChI is InChI=1S/C26H20N2O3S2/c29-24(27(16-20-5-3-13-32-20)17-21-6-4-14-33-21)19-11-9-18(10-12-19)15-28-25(30)22-7-1-2-8-23(22)26(28)31/h1-14H,15-17H2. The van der Waals surface area contributed by atoms with E-state index in [-0.39, 0.29) is 24.3 Å². The van der Waals surface area contributed by atoms with E-state index in [0.29, 0.717) is 29.8 Å². The molecule has 0 saturated heterocycles. The molecule has 164 valence electrons. The van der Waals surface area contributed by atoms with Crippen molar-refractivity contribution in [3.05, 3.63) is 116 Å². The van der Waals surface area contributed by atoms with Gasteiger partial charge in [-0.25, -0.2) is 0 Å². The summed E-state index contributed by atoms with van der Waals surface area (Å²) in [6.07, 6.45) is 0. The van der Waals surface area contributed by atoms with Crippen molar-refractivity contribution in [2.45, 2.75) is 19.6 Å². The van der Waals surface area contributed by atoms with Crippen molar-refractivity contribution in [3.8, 4) is 0 Å². The zero-order valence-corrected chi connectivity index (χ0v) is 19.3. The fraction of sp³-hybridized carbons (Fsp3) is 0.115. The molecule has 1 aliphatic rings. The minimum Gasteiger partial charge on any atom is -0.328 e. The molecule has 0 saturated carbocycles. The highest BCUT2D eigenvalue weighted by molar-refractivity contribution is 7.10. The molecule has 5 rings (SSSR count). The van der Waals surface area contributed by atoms with Gasteiger partial charge in [-0.3, -0.25) is 19.3 Å². The molecule has 4 aromatic rings. The number of benzene rings is 2. The highest BCUT2D eigenvalue weighted by atomic mass is 32.1. The van der Waals surface area contributed by atoms with E-state index in [1.807, 2.05) is 52.1 Å². The Kier molecular flexibility index (Phi) is 5.90. The van der Waals surface area contributed by atoms with Gasteiger partial charge in [0.2, 0.25) is 0 Å². The van der Waals surface area contributed by atoms with Crippen LogP contribution in [0.5, 0.6) is 0 Å². The zero-order chi connectivity index (χ0) is 22.8. The van der Waals surface area contributed by atoms with E-state index in [1.54, 1.807) is 59.1 Å². The number of thiophene rings is 2. The van der Waals surface area contributed by atoms with Crippen molar-refractivity contribution < 1.29 is 14.4 Å². The van der Waals surface area contributed by atoms with Crippen LogP contribution in [0.3, 0.4) is 0 Å². The van der Waals surface area contributed by atoms with Crippen LogP contribution in [0.2, 0.25) is 0 Å². The Morgan fingerprint density at radius 3 is 1.76 bits per heavy atom. The molecule has 3 amide bonds. The highest BCUT2D eigenvalue weighted by Gasteiger charge is 2.34. The first-order valence-corrected chi connectivity index (χ1v) is 12.2. The zero-order valence-electron chi connectivity index (χ0n) is 17.6. The van der Waals surface area contributed by atoms with E-state index in [9.17, 15) is 14.4 Å². The third-order valence-electron chi connectivity index (χ3n) is 5.56. The predicted molar refractivity (Wildman–Crippen MR) is 129 cm³/mol. The Bertz CT molecular complexity index is 1220. The number of fused-ring (bicyclic) bond motifs is 1. The quantitative estimate of drug-likeness (QED) is 0.336. The molecular weight excluding hydrogens is 452 g/mol. The second-order valence-corrected chi connectivity index (χ2v) is 9.82. The molecule has 0 bridgehead atoms. The summed E-state index contributed by atoms with van der Waals surface area (Å²) in [6, 6.07) is 22.1. The lowest BCUT2D eigenvalue weighted by atomic mass is 10.1. The smallest absolute Gasteiger partial charge is 0.261 e. The molecule has 5 nitrogen and oxygen atoms in total. The summed E-state index contributed by atoms with van der Waals surface area (Å²) < 4.78 is 0. The van der Waals surface area contributed by atoms with Crippen LogP contribution in [0.4, 0.5) is 0 Å². The predicted octanol–water partition coefficient (Wildman–Crippen LogP) is 5.45.